The Kier molecular flexibility index (Phi) is 1.15. The van der Waals surface area contributed by atoms with E-state index < -0.39 is 5.60 Å². The minimum absolute atomic E-state index is 0.582. The van der Waals surface area contributed by atoms with Gasteiger partial charge in [0.15, 0.2) is 5.58 Å². The second-order valence-corrected chi connectivity index (χ2v) is 3.61. The van der Waals surface area contributed by atoms with Gasteiger partial charge in [0.25, 0.3) is 0 Å². The summed E-state index contributed by atoms with van der Waals surface area (Å²) in [5.74, 6) is 0. The zero-order valence-corrected chi connectivity index (χ0v) is 7.03. The van der Waals surface area contributed by atoms with Gasteiger partial charge in [0.1, 0.15) is 0 Å². The topological polar surface area (TPSA) is 46.3 Å². The second kappa shape index (κ2) is 2.12. The largest absolute Gasteiger partial charge is 0.385 e. The van der Waals surface area contributed by atoms with E-state index in [9.17, 15) is 5.11 Å². The molecule has 0 unspecified atom stereocenters. The summed E-state index contributed by atoms with van der Waals surface area (Å²) in [5.41, 5.74) is 1.11. The Labute approximate surface area is 75.0 Å². The first-order valence-electron chi connectivity index (χ1n) is 4.35. The van der Waals surface area contributed by atoms with Gasteiger partial charge in [-0.1, -0.05) is 11.2 Å². The smallest absolute Gasteiger partial charge is 0.167 e. The summed E-state index contributed by atoms with van der Waals surface area (Å²) in [6, 6.07) is 5.74. The van der Waals surface area contributed by atoms with Crippen LogP contribution >= 0.6 is 0 Å². The highest BCUT2D eigenvalue weighted by Crippen LogP contribution is 2.45. The molecule has 0 bridgehead atoms. The lowest BCUT2D eigenvalue weighted by molar-refractivity contribution is 0.151. The molecule has 3 nitrogen and oxygen atoms in total. The van der Waals surface area contributed by atoms with E-state index in [1.54, 1.807) is 6.20 Å². The van der Waals surface area contributed by atoms with Crippen molar-refractivity contribution in [3.05, 3.63) is 30.0 Å². The van der Waals surface area contributed by atoms with Crippen molar-refractivity contribution in [2.24, 2.45) is 0 Å². The van der Waals surface area contributed by atoms with Crippen LogP contribution in [0, 0.1) is 0 Å². The van der Waals surface area contributed by atoms with Crippen molar-refractivity contribution in [3.63, 3.8) is 0 Å². The van der Waals surface area contributed by atoms with Crippen molar-refractivity contribution in [3.8, 4) is 0 Å². The van der Waals surface area contributed by atoms with E-state index in [1.165, 1.54) is 0 Å². The van der Waals surface area contributed by atoms with Crippen LogP contribution < -0.4 is 0 Å². The van der Waals surface area contributed by atoms with Gasteiger partial charge in [0.2, 0.25) is 0 Å². The van der Waals surface area contributed by atoms with Crippen LogP contribution in [0.5, 0.6) is 0 Å². The van der Waals surface area contributed by atoms with Gasteiger partial charge in [-0.3, -0.25) is 0 Å². The third kappa shape index (κ3) is 0.971. The molecule has 1 N–H and O–H groups in total. The molecule has 0 radical (unpaired) electrons. The molecular weight excluding hydrogens is 166 g/mol. The zero-order chi connectivity index (χ0) is 8.89. The Balaban J connectivity index is 2.20. The summed E-state index contributed by atoms with van der Waals surface area (Å²) >= 11 is 0. The van der Waals surface area contributed by atoms with Crippen LogP contribution in [-0.4, -0.2) is 10.3 Å². The van der Waals surface area contributed by atoms with Gasteiger partial charge in [0, 0.05) is 5.39 Å². The fraction of sp³-hybridized carbons (Fsp3) is 0.300. The molecule has 2 aromatic rings. The van der Waals surface area contributed by atoms with Crippen LogP contribution in [0.4, 0.5) is 0 Å². The number of aromatic nitrogens is 1. The van der Waals surface area contributed by atoms with E-state index in [4.69, 9.17) is 4.52 Å². The Morgan fingerprint density at radius 2 is 2.23 bits per heavy atom. The molecule has 1 aliphatic carbocycles. The lowest BCUT2D eigenvalue weighted by Crippen LogP contribution is -2.02. The van der Waals surface area contributed by atoms with Crippen molar-refractivity contribution in [2.75, 3.05) is 0 Å². The maximum Gasteiger partial charge on any atom is 0.167 e. The maximum atomic E-state index is 9.83. The third-order valence-corrected chi connectivity index (χ3v) is 2.62. The van der Waals surface area contributed by atoms with Crippen molar-refractivity contribution >= 4 is 11.0 Å². The van der Waals surface area contributed by atoms with Gasteiger partial charge < -0.3 is 9.63 Å². The Bertz CT molecular complexity index is 457. The summed E-state index contributed by atoms with van der Waals surface area (Å²) in [5, 5.41) is 14.5. The van der Waals surface area contributed by atoms with Gasteiger partial charge in [-0.05, 0) is 30.5 Å². The van der Waals surface area contributed by atoms with Crippen molar-refractivity contribution in [1.82, 2.24) is 5.16 Å². The normalized spacial score (nSPS) is 19.2. The lowest BCUT2D eigenvalue weighted by atomic mass is 10.1. The number of benzene rings is 1. The van der Waals surface area contributed by atoms with Crippen molar-refractivity contribution in [1.29, 1.82) is 0 Å². The summed E-state index contributed by atoms with van der Waals surface area (Å²) in [4.78, 5) is 0. The van der Waals surface area contributed by atoms with Crippen molar-refractivity contribution < 1.29 is 9.63 Å². The van der Waals surface area contributed by atoms with E-state index >= 15 is 0 Å². The summed E-state index contributed by atoms with van der Waals surface area (Å²) in [6.45, 7) is 0. The summed E-state index contributed by atoms with van der Waals surface area (Å²) in [6.07, 6.45) is 3.38. The molecule has 0 saturated heterocycles. The highest BCUT2D eigenvalue weighted by molar-refractivity contribution is 5.76. The summed E-state index contributed by atoms with van der Waals surface area (Å²) < 4.78 is 5.02. The molecule has 1 aromatic heterocycles. The molecule has 13 heavy (non-hydrogen) atoms. The average molecular weight is 175 g/mol. The van der Waals surface area contributed by atoms with Gasteiger partial charge in [-0.15, -0.1) is 0 Å². The minimum Gasteiger partial charge on any atom is -0.385 e. The highest BCUT2D eigenvalue weighted by atomic mass is 16.5. The van der Waals surface area contributed by atoms with E-state index in [0.717, 1.165) is 29.4 Å². The van der Waals surface area contributed by atoms with Crippen molar-refractivity contribution in [2.45, 2.75) is 18.4 Å². The number of hydrogen-bond acceptors (Lipinski definition) is 3. The Hall–Kier alpha value is -1.35. The first-order chi connectivity index (χ1) is 6.28. The quantitative estimate of drug-likeness (QED) is 0.718. The van der Waals surface area contributed by atoms with Gasteiger partial charge in [0.05, 0.1) is 11.8 Å². The maximum absolute atomic E-state index is 9.83. The fourth-order valence-electron chi connectivity index (χ4n) is 1.56. The summed E-state index contributed by atoms with van der Waals surface area (Å²) in [7, 11) is 0. The molecule has 0 spiro atoms. The first-order valence-corrected chi connectivity index (χ1v) is 4.35. The number of fused-ring (bicyclic) bond motifs is 1. The highest BCUT2D eigenvalue weighted by Gasteiger charge is 2.42. The molecule has 66 valence electrons. The SMILES string of the molecule is OC1(c2ccc3cnoc3c2)CC1. The number of rotatable bonds is 1. The monoisotopic (exact) mass is 175 g/mol. The second-order valence-electron chi connectivity index (χ2n) is 3.61. The van der Waals surface area contributed by atoms with E-state index in [0.29, 0.717) is 0 Å². The van der Waals surface area contributed by atoms with E-state index in [2.05, 4.69) is 5.16 Å². The fourth-order valence-corrected chi connectivity index (χ4v) is 1.56. The molecule has 1 fully saturated rings. The van der Waals surface area contributed by atoms with Gasteiger partial charge in [-0.25, -0.2) is 0 Å². The predicted octanol–water partition coefficient (Wildman–Crippen LogP) is 1.81. The zero-order valence-electron chi connectivity index (χ0n) is 7.03. The molecule has 0 atom stereocenters. The van der Waals surface area contributed by atoms with Crippen LogP contribution in [0.3, 0.4) is 0 Å². The number of aliphatic hydroxyl groups is 1. The van der Waals surface area contributed by atoms with Crippen LogP contribution in [0.2, 0.25) is 0 Å². The number of nitrogens with zero attached hydrogens (tertiary/aromatic N) is 1. The Morgan fingerprint density at radius 1 is 1.38 bits per heavy atom. The Morgan fingerprint density at radius 3 is 3.00 bits per heavy atom. The van der Waals surface area contributed by atoms with Crippen LogP contribution in [0.1, 0.15) is 18.4 Å². The lowest BCUT2D eigenvalue weighted by Gasteiger charge is -2.05. The van der Waals surface area contributed by atoms with Crippen LogP contribution in [-0.2, 0) is 5.60 Å². The molecule has 1 heterocycles. The van der Waals surface area contributed by atoms with Gasteiger partial charge >= 0.3 is 0 Å². The standard InChI is InChI=1S/C10H9NO2/c12-10(3-4-10)8-2-1-7-6-11-13-9(7)5-8/h1-2,5-6,12H,3-4H2. The van der Waals surface area contributed by atoms with E-state index in [1.807, 2.05) is 18.2 Å². The third-order valence-electron chi connectivity index (χ3n) is 2.62. The molecule has 3 rings (SSSR count). The molecule has 3 heteroatoms. The average Bonchev–Trinajstić information content (AvgIpc) is 2.74. The molecule has 1 saturated carbocycles. The molecular formula is C10H9NO2. The minimum atomic E-state index is -0.582. The van der Waals surface area contributed by atoms with Gasteiger partial charge in [-0.2, -0.15) is 0 Å². The van der Waals surface area contributed by atoms with Crippen LogP contribution in [0.15, 0.2) is 28.9 Å². The molecule has 1 aromatic carbocycles. The number of hydrogen-bond donors (Lipinski definition) is 1. The molecule has 0 aliphatic heterocycles. The van der Waals surface area contributed by atoms with E-state index in [-0.39, 0.29) is 0 Å². The molecule has 1 aliphatic rings. The molecule has 0 amide bonds. The predicted molar refractivity (Wildman–Crippen MR) is 47.1 cm³/mol. The first kappa shape index (κ1) is 7.09. The van der Waals surface area contributed by atoms with Crippen LogP contribution in [0.25, 0.3) is 11.0 Å².